The second-order valence-corrected chi connectivity index (χ2v) is 7.07. The van der Waals surface area contributed by atoms with Crippen molar-refractivity contribution in [3.8, 4) is 0 Å². The molecule has 0 spiro atoms. The van der Waals surface area contributed by atoms with E-state index in [2.05, 4.69) is 11.7 Å². The molecule has 1 saturated heterocycles. The lowest BCUT2D eigenvalue weighted by Gasteiger charge is -2.36. The van der Waals surface area contributed by atoms with Crippen molar-refractivity contribution < 1.29 is 19.5 Å². The Morgan fingerprint density at radius 1 is 1.36 bits per heavy atom. The third-order valence-electron chi connectivity index (χ3n) is 3.72. The molecule has 0 aromatic heterocycles. The van der Waals surface area contributed by atoms with Crippen LogP contribution in [0.1, 0.15) is 39.2 Å². The van der Waals surface area contributed by atoms with Crippen LogP contribution in [0, 0.1) is 0 Å². The molecule has 1 fully saturated rings. The molecule has 6 heteroatoms. The van der Waals surface area contributed by atoms with Crippen molar-refractivity contribution in [2.45, 2.75) is 51.9 Å². The number of amides is 1. The average Bonchev–Trinajstić information content (AvgIpc) is 2.54. The average molecular weight is 346 g/mol. The maximum absolute atomic E-state index is 12.4. The van der Waals surface area contributed by atoms with Gasteiger partial charge in [-0.1, -0.05) is 42.1 Å². The van der Waals surface area contributed by atoms with Gasteiger partial charge in [-0.25, -0.2) is 4.79 Å². The second-order valence-electron chi connectivity index (χ2n) is 7.07. The van der Waals surface area contributed by atoms with E-state index < -0.39 is 17.7 Å². The smallest absolute Gasteiger partial charge is 0.411 e. The molecular formula is C19H26N2O4. The van der Waals surface area contributed by atoms with Crippen LogP contribution in [0.15, 0.2) is 47.8 Å². The van der Waals surface area contributed by atoms with Crippen LogP contribution in [0.5, 0.6) is 0 Å². The van der Waals surface area contributed by atoms with Crippen molar-refractivity contribution in [1.29, 1.82) is 0 Å². The summed E-state index contributed by atoms with van der Waals surface area (Å²) < 4.78 is 5.42. The first-order chi connectivity index (χ1) is 11.8. The van der Waals surface area contributed by atoms with Crippen LogP contribution >= 0.6 is 0 Å². The van der Waals surface area contributed by atoms with Crippen molar-refractivity contribution in [3.05, 3.63) is 48.2 Å². The Labute approximate surface area is 148 Å². The summed E-state index contributed by atoms with van der Waals surface area (Å²) in [5, 5.41) is 13.9. The Bertz CT molecular complexity index is 635. The van der Waals surface area contributed by atoms with Crippen molar-refractivity contribution in [1.82, 2.24) is 4.90 Å². The monoisotopic (exact) mass is 346 g/mol. The molecule has 1 aliphatic heterocycles. The molecule has 2 rings (SSSR count). The number of carbonyl (C=O) groups is 1. The number of aliphatic hydroxyl groups excluding tert-OH is 1. The van der Waals surface area contributed by atoms with E-state index in [9.17, 15) is 9.90 Å². The first kappa shape index (κ1) is 18.8. The van der Waals surface area contributed by atoms with E-state index >= 15 is 0 Å². The molecule has 0 aliphatic carbocycles. The molecule has 1 atom stereocenters. The fraction of sp³-hybridized carbons (Fsp3) is 0.474. The predicted molar refractivity (Wildman–Crippen MR) is 96.4 cm³/mol. The van der Waals surface area contributed by atoms with Gasteiger partial charge in [0.1, 0.15) is 18.0 Å². The van der Waals surface area contributed by atoms with Gasteiger partial charge in [-0.3, -0.25) is 4.90 Å². The highest BCUT2D eigenvalue weighted by atomic mass is 16.6. The molecule has 1 amide bonds. The van der Waals surface area contributed by atoms with E-state index in [-0.39, 0.29) is 12.3 Å². The van der Waals surface area contributed by atoms with E-state index in [0.29, 0.717) is 19.4 Å². The van der Waals surface area contributed by atoms with Gasteiger partial charge < -0.3 is 14.7 Å². The van der Waals surface area contributed by atoms with E-state index in [4.69, 9.17) is 9.57 Å². The van der Waals surface area contributed by atoms with Crippen molar-refractivity contribution >= 4 is 11.8 Å². The first-order valence-corrected chi connectivity index (χ1v) is 8.35. The van der Waals surface area contributed by atoms with Crippen LogP contribution in [0.2, 0.25) is 0 Å². The number of ether oxygens (including phenoxy) is 1. The quantitative estimate of drug-likeness (QED) is 0.660. The maximum atomic E-state index is 12.4. The van der Waals surface area contributed by atoms with Crippen LogP contribution in [0.25, 0.3) is 0 Å². The van der Waals surface area contributed by atoms with Crippen molar-refractivity contribution in [3.63, 3.8) is 0 Å². The van der Waals surface area contributed by atoms with Crippen molar-refractivity contribution in [2.24, 2.45) is 5.16 Å². The zero-order valence-corrected chi connectivity index (χ0v) is 15.1. The lowest BCUT2D eigenvalue weighted by atomic mass is 10.00. The summed E-state index contributed by atoms with van der Waals surface area (Å²) in [6.45, 7) is 9.59. The SMILES string of the molecule is C=C(O)[C@@H]1CCC(=NOCc2ccccc2)CN1C(=O)OC(C)(C)C. The highest BCUT2D eigenvalue weighted by molar-refractivity contribution is 5.90. The van der Waals surface area contributed by atoms with Gasteiger partial charge in [-0.2, -0.15) is 0 Å². The molecule has 6 nitrogen and oxygen atoms in total. The summed E-state index contributed by atoms with van der Waals surface area (Å²) in [5.74, 6) is -0.0462. The van der Waals surface area contributed by atoms with Crippen LogP contribution in [0.4, 0.5) is 4.79 Å². The summed E-state index contributed by atoms with van der Waals surface area (Å²) in [6.07, 6.45) is 0.656. The Balaban J connectivity index is 2.01. The normalized spacial score (nSPS) is 19.6. The molecule has 1 heterocycles. The number of benzene rings is 1. The van der Waals surface area contributed by atoms with Gasteiger partial charge >= 0.3 is 6.09 Å². The van der Waals surface area contributed by atoms with Crippen LogP contribution in [-0.4, -0.2) is 40.0 Å². The largest absolute Gasteiger partial charge is 0.511 e. The summed E-state index contributed by atoms with van der Waals surface area (Å²) in [4.78, 5) is 19.3. The number of hydrogen-bond acceptors (Lipinski definition) is 5. The first-order valence-electron chi connectivity index (χ1n) is 8.35. The Kier molecular flexibility index (Phi) is 6.07. The molecule has 0 radical (unpaired) electrons. The maximum Gasteiger partial charge on any atom is 0.411 e. The molecule has 0 saturated carbocycles. The number of oxime groups is 1. The molecule has 1 N–H and O–H groups in total. The lowest BCUT2D eigenvalue weighted by molar-refractivity contribution is 0.0163. The van der Waals surface area contributed by atoms with Gasteiger partial charge in [0.25, 0.3) is 0 Å². The van der Waals surface area contributed by atoms with E-state index in [0.717, 1.165) is 11.3 Å². The number of likely N-dealkylation sites (tertiary alicyclic amines) is 1. The standard InChI is InChI=1S/C19H26N2O4/c1-14(22)17-11-10-16(12-21(17)18(23)25-19(2,3)4)20-24-13-15-8-6-5-7-9-15/h5-9,17,22H,1,10-13H2,2-4H3/t17-/m0/s1. The predicted octanol–water partition coefficient (Wildman–Crippen LogP) is 4.03. The number of carbonyl (C=O) groups excluding carboxylic acids is 1. The summed E-state index contributed by atoms with van der Waals surface area (Å²) in [5.41, 5.74) is 1.14. The van der Waals surface area contributed by atoms with Crippen LogP contribution < -0.4 is 0 Å². The third kappa shape index (κ3) is 5.81. The van der Waals surface area contributed by atoms with Crippen LogP contribution in [-0.2, 0) is 16.2 Å². The molecule has 1 aliphatic rings. The number of hydrogen-bond donors (Lipinski definition) is 1. The molecule has 1 aromatic carbocycles. The minimum Gasteiger partial charge on any atom is -0.511 e. The molecular weight excluding hydrogens is 320 g/mol. The Hall–Kier alpha value is -2.50. The number of piperidine rings is 1. The lowest BCUT2D eigenvalue weighted by Crippen LogP contribution is -2.49. The number of rotatable bonds is 4. The molecule has 136 valence electrons. The molecule has 1 aromatic rings. The van der Waals surface area contributed by atoms with Gasteiger partial charge in [-0.15, -0.1) is 0 Å². The minimum atomic E-state index is -0.614. The summed E-state index contributed by atoms with van der Waals surface area (Å²) in [7, 11) is 0. The second kappa shape index (κ2) is 8.05. The van der Waals surface area contributed by atoms with Gasteiger partial charge in [0.05, 0.1) is 18.3 Å². The number of nitrogens with zero attached hydrogens (tertiary/aromatic N) is 2. The minimum absolute atomic E-state index is 0.0462. The van der Waals surface area contributed by atoms with Gasteiger partial charge in [0.15, 0.2) is 0 Å². The van der Waals surface area contributed by atoms with Crippen molar-refractivity contribution in [2.75, 3.05) is 6.54 Å². The zero-order valence-electron chi connectivity index (χ0n) is 15.1. The van der Waals surface area contributed by atoms with Gasteiger partial charge in [0, 0.05) is 0 Å². The fourth-order valence-corrected chi connectivity index (χ4v) is 2.55. The highest BCUT2D eigenvalue weighted by Crippen LogP contribution is 2.23. The van der Waals surface area contributed by atoms with Gasteiger partial charge in [-0.05, 0) is 39.2 Å². The van der Waals surface area contributed by atoms with E-state index in [1.54, 1.807) is 20.8 Å². The van der Waals surface area contributed by atoms with Gasteiger partial charge in [0.2, 0.25) is 0 Å². The summed E-state index contributed by atoms with van der Waals surface area (Å²) in [6, 6.07) is 9.27. The Morgan fingerprint density at radius 2 is 2.04 bits per heavy atom. The fourth-order valence-electron chi connectivity index (χ4n) is 2.55. The van der Waals surface area contributed by atoms with Crippen LogP contribution in [0.3, 0.4) is 0 Å². The number of aliphatic hydroxyl groups is 1. The molecule has 0 bridgehead atoms. The van der Waals surface area contributed by atoms with E-state index in [1.807, 2.05) is 30.3 Å². The molecule has 25 heavy (non-hydrogen) atoms. The zero-order chi connectivity index (χ0) is 18.4. The topological polar surface area (TPSA) is 71.4 Å². The van der Waals surface area contributed by atoms with E-state index in [1.165, 1.54) is 4.90 Å². The molecule has 0 unspecified atom stereocenters. The third-order valence-corrected chi connectivity index (χ3v) is 3.72. The summed E-state index contributed by atoms with van der Waals surface area (Å²) >= 11 is 0. The highest BCUT2D eigenvalue weighted by Gasteiger charge is 2.34. The Morgan fingerprint density at radius 3 is 2.64 bits per heavy atom.